The number of aryl methyl sites for hydroxylation is 2. The Balaban J connectivity index is 0.00000121. The van der Waals surface area contributed by atoms with Crippen LogP contribution in [0.3, 0.4) is 0 Å². The fraction of sp³-hybridized carbons (Fsp3) is 0.222. The van der Waals surface area contributed by atoms with Crippen molar-refractivity contribution >= 4 is 12.4 Å². The van der Waals surface area contributed by atoms with Crippen molar-refractivity contribution < 1.29 is 20.4 Å². The van der Waals surface area contributed by atoms with E-state index in [2.05, 4.69) is 10.1 Å². The molecule has 7 nitrogen and oxygen atoms in total. The minimum absolute atomic E-state index is 0. The van der Waals surface area contributed by atoms with E-state index in [-0.39, 0.29) is 29.5 Å². The van der Waals surface area contributed by atoms with Gasteiger partial charge in [-0.05, 0) is 26.0 Å². The minimum atomic E-state index is -0.556. The number of benzene rings is 1. The number of aromatic nitrogens is 3. The fourth-order valence-corrected chi connectivity index (χ4v) is 3.13. The number of halogens is 1. The van der Waals surface area contributed by atoms with Crippen molar-refractivity contribution in [2.75, 3.05) is 0 Å². The van der Waals surface area contributed by atoms with Gasteiger partial charge in [0, 0.05) is 17.3 Å². The molecule has 4 rings (SSSR count). The molecule has 138 valence electrons. The molecule has 1 atom stereocenters. The monoisotopic (exact) mass is 377 g/mol. The van der Waals surface area contributed by atoms with E-state index in [9.17, 15) is 10.2 Å². The van der Waals surface area contributed by atoms with Crippen LogP contribution in [0.5, 0.6) is 11.6 Å². The summed E-state index contributed by atoms with van der Waals surface area (Å²) in [6.45, 7) is 3.91. The molecule has 0 amide bonds. The fourth-order valence-electron chi connectivity index (χ4n) is 3.13. The van der Waals surface area contributed by atoms with Gasteiger partial charge in [-0.25, -0.2) is 4.68 Å². The number of aromatic hydroxyl groups is 2. The smallest absolute Gasteiger partial charge is 0.220 e. The molecule has 2 aromatic heterocycles. The summed E-state index contributed by atoms with van der Waals surface area (Å²) in [5.41, 5.74) is 4.01. The van der Waals surface area contributed by atoms with Crippen LogP contribution < -0.4 is 0 Å². The molecular weight excluding hydrogens is 358 g/mol. The van der Waals surface area contributed by atoms with Gasteiger partial charge < -0.3 is 20.4 Å². The lowest BCUT2D eigenvalue weighted by Gasteiger charge is -2.13. The molecule has 26 heavy (non-hydrogen) atoms. The Kier molecular flexibility index (Phi) is 5.56. The maximum Gasteiger partial charge on any atom is 0.220 e. The summed E-state index contributed by atoms with van der Waals surface area (Å²) in [5, 5.41) is 25.6. The maximum atomic E-state index is 10.7. The predicted molar refractivity (Wildman–Crippen MR) is 98.1 cm³/mol. The molecule has 0 radical (unpaired) electrons. The van der Waals surface area contributed by atoms with Crippen molar-refractivity contribution in [1.82, 2.24) is 14.8 Å². The lowest BCUT2D eigenvalue weighted by molar-refractivity contribution is 0.0905. The number of fused-ring (bicyclic) bond motifs is 1. The van der Waals surface area contributed by atoms with E-state index in [1.807, 2.05) is 37.3 Å². The molecule has 1 unspecified atom stereocenters. The number of nitrogens with zero attached hydrogens (tertiary/aromatic N) is 3. The van der Waals surface area contributed by atoms with Gasteiger partial charge in [0.25, 0.3) is 0 Å². The molecule has 0 saturated carbocycles. The van der Waals surface area contributed by atoms with Gasteiger partial charge in [0.1, 0.15) is 11.9 Å². The number of rotatable bonds is 2. The van der Waals surface area contributed by atoms with Crippen molar-refractivity contribution in [2.45, 2.75) is 26.6 Å². The second-order valence-corrected chi connectivity index (χ2v) is 5.89. The first-order chi connectivity index (χ1) is 11.6. The summed E-state index contributed by atoms with van der Waals surface area (Å²) >= 11 is 0. The average molecular weight is 378 g/mol. The zero-order chi connectivity index (χ0) is 16.8. The third-order valence-electron chi connectivity index (χ3n) is 4.37. The zero-order valence-corrected chi connectivity index (χ0v) is 15.1. The molecule has 1 aliphatic rings. The van der Waals surface area contributed by atoms with Crippen LogP contribution in [0.25, 0.3) is 5.69 Å². The standard InChI is InChI=1S/C18H17N3O3.ClH.H2O/c1-10-14(18(23)21(20-10)13-6-4-3-5-7-13)17-15-12(9-24-17)8-19-11(2)16(15)22;;/h3-8,17,22-23H,9H2,1-2H3;1H;1H2. The largest absolute Gasteiger partial charge is 0.506 e. The van der Waals surface area contributed by atoms with Crippen LogP contribution in [-0.2, 0) is 11.3 Å². The summed E-state index contributed by atoms with van der Waals surface area (Å²) in [5.74, 6) is 0.131. The molecule has 4 N–H and O–H groups in total. The topological polar surface area (TPSA) is 112 Å². The van der Waals surface area contributed by atoms with Gasteiger partial charge in [-0.1, -0.05) is 18.2 Å². The van der Waals surface area contributed by atoms with E-state index < -0.39 is 6.10 Å². The van der Waals surface area contributed by atoms with Crippen LogP contribution >= 0.6 is 12.4 Å². The molecule has 0 fully saturated rings. The Morgan fingerprint density at radius 2 is 1.77 bits per heavy atom. The highest BCUT2D eigenvalue weighted by Gasteiger charge is 2.34. The lowest BCUT2D eigenvalue weighted by Crippen LogP contribution is -2.02. The van der Waals surface area contributed by atoms with Gasteiger partial charge in [-0.2, -0.15) is 5.10 Å². The summed E-state index contributed by atoms with van der Waals surface area (Å²) in [4.78, 5) is 4.16. The van der Waals surface area contributed by atoms with Crippen LogP contribution in [0, 0.1) is 13.8 Å². The molecule has 8 heteroatoms. The van der Waals surface area contributed by atoms with Crippen molar-refractivity contribution in [3.8, 4) is 17.3 Å². The first-order valence-electron chi connectivity index (χ1n) is 7.70. The first-order valence-corrected chi connectivity index (χ1v) is 7.70. The second kappa shape index (κ2) is 7.33. The van der Waals surface area contributed by atoms with Crippen molar-refractivity contribution in [2.24, 2.45) is 0 Å². The molecule has 1 aromatic carbocycles. The summed E-state index contributed by atoms with van der Waals surface area (Å²) in [6.07, 6.45) is 1.15. The van der Waals surface area contributed by atoms with Crippen LogP contribution in [0.1, 0.15) is 34.2 Å². The Bertz CT molecular complexity index is 928. The number of pyridine rings is 1. The van der Waals surface area contributed by atoms with Gasteiger partial charge in [0.2, 0.25) is 5.88 Å². The van der Waals surface area contributed by atoms with Crippen molar-refractivity contribution in [1.29, 1.82) is 0 Å². The van der Waals surface area contributed by atoms with E-state index >= 15 is 0 Å². The molecule has 0 spiro atoms. The number of hydrogen-bond donors (Lipinski definition) is 2. The van der Waals surface area contributed by atoms with Crippen molar-refractivity contribution in [3.05, 3.63) is 64.6 Å². The lowest BCUT2D eigenvalue weighted by atomic mass is 9.99. The molecule has 3 heterocycles. The molecular formula is C18H20ClN3O4. The average Bonchev–Trinajstić information content (AvgIpc) is 3.13. The van der Waals surface area contributed by atoms with Crippen LogP contribution in [0.15, 0.2) is 36.5 Å². The second-order valence-electron chi connectivity index (χ2n) is 5.89. The third-order valence-corrected chi connectivity index (χ3v) is 4.37. The molecule has 0 bridgehead atoms. The normalized spacial score (nSPS) is 15.1. The van der Waals surface area contributed by atoms with Crippen LogP contribution in [-0.4, -0.2) is 30.5 Å². The highest BCUT2D eigenvalue weighted by atomic mass is 35.5. The SMILES string of the molecule is Cc1ncc2c(c1O)C(c1c(C)nn(-c3ccccc3)c1O)OC2.Cl.O. The number of para-hydroxylation sites is 1. The quantitative estimate of drug-likeness (QED) is 0.712. The van der Waals surface area contributed by atoms with Gasteiger partial charge in [-0.3, -0.25) is 4.98 Å². The summed E-state index contributed by atoms with van der Waals surface area (Å²) in [6, 6.07) is 9.40. The molecule has 3 aromatic rings. The Morgan fingerprint density at radius 3 is 2.46 bits per heavy atom. The van der Waals surface area contributed by atoms with Gasteiger partial charge in [0.05, 0.1) is 29.2 Å². The van der Waals surface area contributed by atoms with Crippen LogP contribution in [0.2, 0.25) is 0 Å². The Morgan fingerprint density at radius 1 is 1.08 bits per heavy atom. The molecule has 0 aliphatic carbocycles. The van der Waals surface area contributed by atoms with E-state index in [1.165, 1.54) is 4.68 Å². The Labute approximate surface area is 156 Å². The Hall–Kier alpha value is -2.61. The van der Waals surface area contributed by atoms with E-state index in [4.69, 9.17) is 4.74 Å². The summed E-state index contributed by atoms with van der Waals surface area (Å²) < 4.78 is 7.33. The molecule has 1 aliphatic heterocycles. The maximum absolute atomic E-state index is 10.7. The van der Waals surface area contributed by atoms with Gasteiger partial charge in [0.15, 0.2) is 0 Å². The van der Waals surface area contributed by atoms with Gasteiger partial charge >= 0.3 is 0 Å². The first kappa shape index (κ1) is 19.7. The van der Waals surface area contributed by atoms with Gasteiger partial charge in [-0.15, -0.1) is 12.4 Å². The van der Waals surface area contributed by atoms with Crippen molar-refractivity contribution in [3.63, 3.8) is 0 Å². The van der Waals surface area contributed by atoms with Crippen LogP contribution in [0.4, 0.5) is 0 Å². The van der Waals surface area contributed by atoms with E-state index in [0.29, 0.717) is 29.1 Å². The highest BCUT2D eigenvalue weighted by Crippen LogP contribution is 2.45. The molecule has 0 saturated heterocycles. The number of ether oxygens (including phenoxy) is 1. The highest BCUT2D eigenvalue weighted by molar-refractivity contribution is 5.85. The minimum Gasteiger partial charge on any atom is -0.506 e. The third kappa shape index (κ3) is 2.90. The zero-order valence-electron chi connectivity index (χ0n) is 14.3. The number of hydrogen-bond acceptors (Lipinski definition) is 5. The van der Waals surface area contributed by atoms with E-state index in [1.54, 1.807) is 13.1 Å². The summed E-state index contributed by atoms with van der Waals surface area (Å²) in [7, 11) is 0. The predicted octanol–water partition coefficient (Wildman–Crippen LogP) is 2.51. The van der Waals surface area contributed by atoms with E-state index in [0.717, 1.165) is 11.3 Å².